The van der Waals surface area contributed by atoms with Crippen LogP contribution in [-0.4, -0.2) is 47.7 Å². The number of rotatable bonds is 8. The first kappa shape index (κ1) is 23.0. The Morgan fingerprint density at radius 2 is 2.03 bits per heavy atom. The summed E-state index contributed by atoms with van der Waals surface area (Å²) in [5.41, 5.74) is 0.526. The molecule has 170 valence electrons. The molecule has 1 saturated heterocycles. The number of aromatic nitrogens is 2. The van der Waals surface area contributed by atoms with Gasteiger partial charge in [-0.3, -0.25) is 4.79 Å². The van der Waals surface area contributed by atoms with E-state index in [0.29, 0.717) is 18.7 Å². The molecule has 0 saturated carbocycles. The summed E-state index contributed by atoms with van der Waals surface area (Å²) >= 11 is 2.73. The first-order valence-corrected chi connectivity index (χ1v) is 13.6. The van der Waals surface area contributed by atoms with E-state index in [1.54, 1.807) is 35.6 Å². The van der Waals surface area contributed by atoms with Gasteiger partial charge in [0.25, 0.3) is 5.22 Å². The summed E-state index contributed by atoms with van der Waals surface area (Å²) in [6.07, 6.45) is 2.81. The molecular weight excluding hydrogens is 468 g/mol. The lowest BCUT2D eigenvalue weighted by Gasteiger charge is -2.25. The highest BCUT2D eigenvalue weighted by molar-refractivity contribution is 7.99. The Balaban J connectivity index is 1.39. The maximum Gasteiger partial charge on any atom is 0.277 e. The fourth-order valence-electron chi connectivity index (χ4n) is 3.45. The van der Waals surface area contributed by atoms with Gasteiger partial charge >= 0.3 is 0 Å². The molecule has 0 spiro atoms. The van der Waals surface area contributed by atoms with E-state index < -0.39 is 10.0 Å². The van der Waals surface area contributed by atoms with Crippen LogP contribution in [0.1, 0.15) is 37.1 Å². The second kappa shape index (κ2) is 10.2. The minimum absolute atomic E-state index is 0.0639. The number of carbonyl (C=O) groups excluding carboxylic acids is 1. The average Bonchev–Trinajstić information content (AvgIpc) is 3.51. The molecule has 2 aromatic heterocycles. The first-order chi connectivity index (χ1) is 15.4. The van der Waals surface area contributed by atoms with E-state index in [1.807, 2.05) is 24.4 Å². The van der Waals surface area contributed by atoms with Crippen LogP contribution in [-0.2, 0) is 14.8 Å². The van der Waals surface area contributed by atoms with Crippen molar-refractivity contribution < 1.29 is 17.6 Å². The summed E-state index contributed by atoms with van der Waals surface area (Å²) in [6.45, 7) is 3.02. The van der Waals surface area contributed by atoms with Gasteiger partial charge in [-0.1, -0.05) is 30.3 Å². The van der Waals surface area contributed by atoms with Crippen molar-refractivity contribution in [3.63, 3.8) is 0 Å². The predicted molar refractivity (Wildman–Crippen MR) is 124 cm³/mol. The maximum atomic E-state index is 12.9. The number of piperidine rings is 1. The number of thiophene rings is 1. The number of thioether (sulfide) groups is 1. The van der Waals surface area contributed by atoms with E-state index in [2.05, 4.69) is 15.5 Å². The van der Waals surface area contributed by atoms with E-state index in [4.69, 9.17) is 4.42 Å². The number of sulfonamides is 1. The van der Waals surface area contributed by atoms with Gasteiger partial charge in [0.05, 0.1) is 16.7 Å². The Labute approximate surface area is 195 Å². The van der Waals surface area contributed by atoms with Gasteiger partial charge in [0.2, 0.25) is 21.8 Å². The molecule has 1 fully saturated rings. The van der Waals surface area contributed by atoms with Crippen molar-refractivity contribution in [3.05, 3.63) is 46.7 Å². The highest BCUT2D eigenvalue weighted by atomic mass is 32.2. The molecule has 1 atom stereocenters. The van der Waals surface area contributed by atoms with Gasteiger partial charge in [-0.15, -0.1) is 21.5 Å². The van der Waals surface area contributed by atoms with Crippen molar-refractivity contribution in [1.82, 2.24) is 19.8 Å². The van der Waals surface area contributed by atoms with Crippen LogP contribution < -0.4 is 5.32 Å². The van der Waals surface area contributed by atoms with E-state index in [1.165, 1.54) is 4.31 Å². The number of hydrogen-bond donors (Lipinski definition) is 1. The second-order valence-electron chi connectivity index (χ2n) is 7.46. The molecule has 3 heterocycles. The lowest BCUT2D eigenvalue weighted by atomic mass is 10.2. The minimum Gasteiger partial charge on any atom is -0.411 e. The van der Waals surface area contributed by atoms with Gasteiger partial charge in [0.15, 0.2) is 0 Å². The van der Waals surface area contributed by atoms with Gasteiger partial charge < -0.3 is 9.73 Å². The van der Waals surface area contributed by atoms with Gasteiger partial charge in [0, 0.05) is 23.5 Å². The zero-order valence-electron chi connectivity index (χ0n) is 17.6. The fourth-order valence-corrected chi connectivity index (χ4v) is 6.32. The third-order valence-electron chi connectivity index (χ3n) is 5.11. The second-order valence-corrected chi connectivity index (χ2v) is 11.3. The molecule has 0 unspecified atom stereocenters. The van der Waals surface area contributed by atoms with Crippen LogP contribution in [0, 0.1) is 0 Å². The van der Waals surface area contributed by atoms with Crippen LogP contribution in [0.5, 0.6) is 0 Å². The summed E-state index contributed by atoms with van der Waals surface area (Å²) in [7, 11) is -3.55. The Hall–Kier alpha value is -2.21. The third-order valence-corrected chi connectivity index (χ3v) is 8.88. The van der Waals surface area contributed by atoms with Crippen LogP contribution in [0.25, 0.3) is 11.5 Å². The quantitative estimate of drug-likeness (QED) is 0.475. The van der Waals surface area contributed by atoms with Crippen LogP contribution in [0.4, 0.5) is 0 Å². The number of amides is 1. The van der Waals surface area contributed by atoms with E-state index >= 15 is 0 Å². The Bertz CT molecular complexity index is 1160. The number of nitrogens with one attached hydrogen (secondary N) is 1. The highest BCUT2D eigenvalue weighted by Gasteiger charge is 2.26. The summed E-state index contributed by atoms with van der Waals surface area (Å²) in [5.74, 6) is 0.224. The summed E-state index contributed by atoms with van der Waals surface area (Å²) in [5, 5.41) is 13.2. The molecule has 11 heteroatoms. The molecule has 0 radical (unpaired) electrons. The number of carbonyl (C=O) groups is 1. The molecule has 1 N–H and O–H groups in total. The molecule has 0 bridgehead atoms. The van der Waals surface area contributed by atoms with Crippen molar-refractivity contribution in [3.8, 4) is 11.5 Å². The smallest absolute Gasteiger partial charge is 0.277 e. The molecule has 3 aromatic rings. The van der Waals surface area contributed by atoms with Gasteiger partial charge in [-0.2, -0.15) is 4.31 Å². The van der Waals surface area contributed by atoms with Crippen LogP contribution >= 0.6 is 23.1 Å². The molecule has 4 rings (SSSR count). The van der Waals surface area contributed by atoms with Gasteiger partial charge in [-0.05, 0) is 49.4 Å². The molecule has 8 nitrogen and oxygen atoms in total. The van der Waals surface area contributed by atoms with E-state index in [-0.39, 0.29) is 33.7 Å². The monoisotopic (exact) mass is 492 g/mol. The molecule has 1 amide bonds. The zero-order chi connectivity index (χ0) is 22.6. The van der Waals surface area contributed by atoms with Crippen molar-refractivity contribution in [2.45, 2.75) is 42.3 Å². The van der Waals surface area contributed by atoms with Gasteiger partial charge in [0.1, 0.15) is 0 Å². The minimum atomic E-state index is -3.55. The maximum absolute atomic E-state index is 12.9. The molecule has 1 aliphatic heterocycles. The number of benzene rings is 1. The number of nitrogens with zero attached hydrogens (tertiary/aromatic N) is 3. The lowest BCUT2D eigenvalue weighted by Crippen LogP contribution is -2.35. The average molecular weight is 493 g/mol. The standard InChI is InChI=1S/C21H24N4O4S3/c1-15(18-9-6-12-30-18)22-19(26)14-31-21-24-23-20(29-21)16-7-5-8-17(13-16)32(27,28)25-10-3-2-4-11-25/h5-9,12-13,15H,2-4,10-11,14H2,1H3,(H,22,26)/t15-/m0/s1. The van der Waals surface area contributed by atoms with E-state index in [0.717, 1.165) is 35.9 Å². The lowest BCUT2D eigenvalue weighted by molar-refractivity contribution is -0.119. The molecule has 32 heavy (non-hydrogen) atoms. The molecular formula is C21H24N4O4S3. The van der Waals surface area contributed by atoms with Crippen molar-refractivity contribution in [2.75, 3.05) is 18.8 Å². The van der Waals surface area contributed by atoms with Crippen molar-refractivity contribution >= 4 is 39.0 Å². The summed E-state index contributed by atoms with van der Waals surface area (Å²) in [6, 6.07) is 10.4. The summed E-state index contributed by atoms with van der Waals surface area (Å²) < 4.78 is 33.1. The van der Waals surface area contributed by atoms with Crippen LogP contribution in [0.15, 0.2) is 56.3 Å². The third kappa shape index (κ3) is 5.40. The van der Waals surface area contributed by atoms with Crippen molar-refractivity contribution in [2.24, 2.45) is 0 Å². The van der Waals surface area contributed by atoms with Crippen molar-refractivity contribution in [1.29, 1.82) is 0 Å². The Morgan fingerprint density at radius 1 is 1.22 bits per heavy atom. The summed E-state index contributed by atoms with van der Waals surface area (Å²) in [4.78, 5) is 13.5. The normalized spacial score (nSPS) is 16.0. The van der Waals surface area contributed by atoms with Crippen LogP contribution in [0.2, 0.25) is 0 Å². The largest absolute Gasteiger partial charge is 0.411 e. The first-order valence-electron chi connectivity index (χ1n) is 10.3. The zero-order valence-corrected chi connectivity index (χ0v) is 20.0. The molecule has 1 aliphatic rings. The SMILES string of the molecule is C[C@H](NC(=O)CSc1nnc(-c2cccc(S(=O)(=O)N3CCCCC3)c2)o1)c1cccs1. The topological polar surface area (TPSA) is 105 Å². The Morgan fingerprint density at radius 3 is 2.78 bits per heavy atom. The highest BCUT2D eigenvalue weighted by Crippen LogP contribution is 2.27. The van der Waals surface area contributed by atoms with Gasteiger partial charge in [-0.25, -0.2) is 8.42 Å². The molecule has 0 aliphatic carbocycles. The van der Waals surface area contributed by atoms with Crippen LogP contribution in [0.3, 0.4) is 0 Å². The molecule has 1 aromatic carbocycles. The van der Waals surface area contributed by atoms with E-state index in [9.17, 15) is 13.2 Å². The predicted octanol–water partition coefficient (Wildman–Crippen LogP) is 3.94. The number of hydrogen-bond acceptors (Lipinski definition) is 8. The Kier molecular flexibility index (Phi) is 7.29. The fraction of sp³-hybridized carbons (Fsp3) is 0.381.